The Labute approximate surface area is 255 Å². The lowest BCUT2D eigenvalue weighted by atomic mass is 9.33. The SMILES string of the molecule is CCC(CC)NC(=O)C1C[C@@]2(C)C(CC[C@]3(C)C2CC=C2C4CC(C)(C)CC[C@]4(C(=O)OC)CC[C@]23C)C(C)(C)C1=O. The second-order valence-electron chi connectivity index (χ2n) is 17.2. The second kappa shape index (κ2) is 10.2. The first-order valence-electron chi connectivity index (χ1n) is 17.1. The highest BCUT2D eigenvalue weighted by molar-refractivity contribution is 6.04. The molecule has 4 saturated carbocycles. The minimum absolute atomic E-state index is 0.00671. The van der Waals surface area contributed by atoms with Crippen LogP contribution in [-0.2, 0) is 19.1 Å². The van der Waals surface area contributed by atoms with E-state index in [0.717, 1.165) is 64.2 Å². The number of esters is 1. The molecule has 0 spiro atoms. The van der Waals surface area contributed by atoms with Crippen LogP contribution in [0.15, 0.2) is 11.6 Å². The predicted molar refractivity (Wildman–Crippen MR) is 167 cm³/mol. The van der Waals surface area contributed by atoms with E-state index in [4.69, 9.17) is 4.74 Å². The molecule has 0 radical (unpaired) electrons. The number of ether oxygens (including phenoxy) is 1. The van der Waals surface area contributed by atoms with Gasteiger partial charge in [-0.2, -0.15) is 0 Å². The molecule has 0 bridgehead atoms. The van der Waals surface area contributed by atoms with Crippen molar-refractivity contribution in [3.05, 3.63) is 11.6 Å². The fourth-order valence-corrected chi connectivity index (χ4v) is 11.8. The van der Waals surface area contributed by atoms with E-state index in [9.17, 15) is 14.4 Å². The van der Waals surface area contributed by atoms with E-state index in [1.165, 1.54) is 5.57 Å². The first kappa shape index (κ1) is 31.8. The number of ketones is 1. The third-order valence-electron chi connectivity index (χ3n) is 14.6. The van der Waals surface area contributed by atoms with Crippen molar-refractivity contribution >= 4 is 17.7 Å². The highest BCUT2D eigenvalue weighted by Gasteiger charge is 2.70. The van der Waals surface area contributed by atoms with Gasteiger partial charge in [0.25, 0.3) is 0 Å². The van der Waals surface area contributed by atoms with E-state index in [1.807, 2.05) is 0 Å². The van der Waals surface area contributed by atoms with Gasteiger partial charge >= 0.3 is 5.97 Å². The number of Topliss-reactive ketones (excluding diaryl/α,β-unsaturated/α-hetero) is 1. The number of nitrogens with one attached hydrogen (secondary N) is 1. The van der Waals surface area contributed by atoms with E-state index in [2.05, 4.69) is 73.7 Å². The molecule has 236 valence electrons. The van der Waals surface area contributed by atoms with Crippen LogP contribution < -0.4 is 5.32 Å². The van der Waals surface area contributed by atoms with Gasteiger partial charge in [-0.3, -0.25) is 14.4 Å². The van der Waals surface area contributed by atoms with Gasteiger partial charge in [-0.05, 0) is 110 Å². The molecule has 0 aromatic rings. The molecule has 1 N–H and O–H groups in total. The lowest BCUT2D eigenvalue weighted by molar-refractivity contribution is -0.196. The summed E-state index contributed by atoms with van der Waals surface area (Å²) >= 11 is 0. The van der Waals surface area contributed by atoms with Crippen molar-refractivity contribution in [1.82, 2.24) is 5.32 Å². The van der Waals surface area contributed by atoms with Crippen LogP contribution >= 0.6 is 0 Å². The van der Waals surface area contributed by atoms with Crippen molar-refractivity contribution in [2.24, 2.45) is 56.2 Å². The summed E-state index contributed by atoms with van der Waals surface area (Å²) < 4.78 is 5.52. The van der Waals surface area contributed by atoms with E-state index in [-0.39, 0.29) is 57.2 Å². The number of hydrogen-bond acceptors (Lipinski definition) is 4. The number of methoxy groups -OCH3 is 1. The maximum absolute atomic E-state index is 14.0. The van der Waals surface area contributed by atoms with Crippen molar-refractivity contribution in [3.63, 3.8) is 0 Å². The lowest BCUT2D eigenvalue weighted by Gasteiger charge is -2.71. The standard InChI is InChI=1S/C37H59NO4/c1-11-23(12-2)38-30(40)24-21-34(7)27(33(5,6)29(24)39)15-16-36(9)28(34)14-13-25-26-22-32(3,4)17-19-37(26,31(41)42-10)20-18-35(25,36)8/h13,23-24,26-28H,11-12,14-22H2,1-10H3,(H,38,40)/t24?,26?,27?,28?,34-,35+,36+,37-/m0/s1. The second-order valence-corrected chi connectivity index (χ2v) is 17.2. The summed E-state index contributed by atoms with van der Waals surface area (Å²) in [5.74, 6) is 0.358. The van der Waals surface area contributed by atoms with Gasteiger partial charge in [0, 0.05) is 11.5 Å². The molecule has 0 saturated heterocycles. The number of fused-ring (bicyclic) bond motifs is 7. The van der Waals surface area contributed by atoms with Crippen LogP contribution in [0.5, 0.6) is 0 Å². The van der Waals surface area contributed by atoms with Crippen molar-refractivity contribution in [1.29, 1.82) is 0 Å². The van der Waals surface area contributed by atoms with Gasteiger partial charge in [0.15, 0.2) is 5.78 Å². The summed E-state index contributed by atoms with van der Waals surface area (Å²) in [7, 11) is 1.57. The topological polar surface area (TPSA) is 72.5 Å². The van der Waals surface area contributed by atoms with E-state index >= 15 is 0 Å². The zero-order valence-corrected chi connectivity index (χ0v) is 28.4. The molecule has 0 aromatic heterocycles. The van der Waals surface area contributed by atoms with E-state index < -0.39 is 16.7 Å². The Morgan fingerprint density at radius 3 is 2.19 bits per heavy atom. The molecule has 0 aliphatic heterocycles. The molecule has 5 rings (SSSR count). The van der Waals surface area contributed by atoms with Crippen LogP contribution in [0.25, 0.3) is 0 Å². The molecule has 5 heteroatoms. The Bertz CT molecular complexity index is 1160. The fourth-order valence-electron chi connectivity index (χ4n) is 11.8. The highest BCUT2D eigenvalue weighted by atomic mass is 16.5. The summed E-state index contributed by atoms with van der Waals surface area (Å²) in [5, 5.41) is 3.24. The van der Waals surface area contributed by atoms with Crippen LogP contribution in [0.4, 0.5) is 0 Å². The summed E-state index contributed by atoms with van der Waals surface area (Å²) in [6.45, 7) is 20.7. The van der Waals surface area contributed by atoms with Crippen LogP contribution in [0, 0.1) is 56.2 Å². The largest absolute Gasteiger partial charge is 0.469 e. The molecule has 1 amide bonds. The first-order chi connectivity index (χ1) is 19.5. The highest BCUT2D eigenvalue weighted by Crippen LogP contribution is 2.75. The number of carbonyl (C=O) groups is 3. The minimum atomic E-state index is -0.583. The van der Waals surface area contributed by atoms with Gasteiger partial charge in [-0.25, -0.2) is 0 Å². The van der Waals surface area contributed by atoms with Gasteiger partial charge in [-0.15, -0.1) is 0 Å². The van der Waals surface area contributed by atoms with Gasteiger partial charge < -0.3 is 10.1 Å². The van der Waals surface area contributed by atoms with Crippen LogP contribution in [0.2, 0.25) is 0 Å². The summed E-state index contributed by atoms with van der Waals surface area (Å²) in [5.41, 5.74) is 0.686. The average molecular weight is 582 g/mol. The lowest BCUT2D eigenvalue weighted by Crippen LogP contribution is -2.66. The Hall–Kier alpha value is -1.65. The Morgan fingerprint density at radius 1 is 0.929 bits per heavy atom. The zero-order valence-electron chi connectivity index (χ0n) is 28.4. The minimum Gasteiger partial charge on any atom is -0.469 e. The number of hydrogen-bond donors (Lipinski definition) is 1. The zero-order chi connectivity index (χ0) is 31.1. The number of carbonyl (C=O) groups excluding carboxylic acids is 3. The molecular formula is C37H59NO4. The molecule has 5 aliphatic rings. The third kappa shape index (κ3) is 4.24. The fraction of sp³-hybridized carbons (Fsp3) is 0.865. The van der Waals surface area contributed by atoms with Gasteiger partial charge in [0.05, 0.1) is 18.4 Å². The Morgan fingerprint density at radius 2 is 1.57 bits per heavy atom. The third-order valence-corrected chi connectivity index (χ3v) is 14.6. The number of amides is 1. The molecule has 42 heavy (non-hydrogen) atoms. The normalized spacial score (nSPS) is 43.7. The molecule has 5 nitrogen and oxygen atoms in total. The van der Waals surface area contributed by atoms with Crippen LogP contribution in [0.3, 0.4) is 0 Å². The quantitative estimate of drug-likeness (QED) is 0.202. The predicted octanol–water partition coefficient (Wildman–Crippen LogP) is 8.06. The summed E-state index contributed by atoms with van der Waals surface area (Å²) in [6.07, 6.45) is 12.9. The number of rotatable bonds is 5. The summed E-state index contributed by atoms with van der Waals surface area (Å²) in [4.78, 5) is 41.3. The molecular weight excluding hydrogens is 522 g/mol. The van der Waals surface area contributed by atoms with Crippen molar-refractivity contribution < 1.29 is 19.1 Å². The Kier molecular flexibility index (Phi) is 7.71. The van der Waals surface area contributed by atoms with Crippen LogP contribution in [-0.4, -0.2) is 30.8 Å². The molecule has 4 unspecified atom stereocenters. The average Bonchev–Trinajstić information content (AvgIpc) is 2.93. The molecule has 5 aliphatic carbocycles. The van der Waals surface area contributed by atoms with Crippen molar-refractivity contribution in [2.45, 2.75) is 139 Å². The first-order valence-corrected chi connectivity index (χ1v) is 17.1. The summed E-state index contributed by atoms with van der Waals surface area (Å²) in [6, 6.07) is 0.117. The monoisotopic (exact) mass is 581 g/mol. The van der Waals surface area contributed by atoms with Crippen molar-refractivity contribution in [2.75, 3.05) is 7.11 Å². The molecule has 0 aromatic carbocycles. The van der Waals surface area contributed by atoms with E-state index in [1.54, 1.807) is 7.11 Å². The molecule has 4 fully saturated rings. The Balaban J connectivity index is 1.56. The maximum atomic E-state index is 14.0. The van der Waals surface area contributed by atoms with Gasteiger partial charge in [0.2, 0.25) is 5.91 Å². The smallest absolute Gasteiger partial charge is 0.312 e. The van der Waals surface area contributed by atoms with E-state index in [0.29, 0.717) is 12.3 Å². The molecule has 0 heterocycles. The van der Waals surface area contributed by atoms with Gasteiger partial charge in [-0.1, -0.05) is 74.0 Å². The molecule has 8 atom stereocenters. The van der Waals surface area contributed by atoms with Crippen LogP contribution in [0.1, 0.15) is 133 Å². The number of allylic oxidation sites excluding steroid dienone is 2. The maximum Gasteiger partial charge on any atom is 0.312 e. The van der Waals surface area contributed by atoms with Crippen molar-refractivity contribution in [3.8, 4) is 0 Å². The van der Waals surface area contributed by atoms with Gasteiger partial charge in [0.1, 0.15) is 0 Å².